The lowest BCUT2D eigenvalue weighted by atomic mass is 10.2. The van der Waals surface area contributed by atoms with Gasteiger partial charge < -0.3 is 15.0 Å². The molecule has 0 fully saturated rings. The zero-order chi connectivity index (χ0) is 23.0. The Balaban J connectivity index is 1.80. The number of halogens is 4. The van der Waals surface area contributed by atoms with Crippen LogP contribution in [-0.2, 0) is 12.7 Å². The lowest BCUT2D eigenvalue weighted by Gasteiger charge is -2.15. The van der Waals surface area contributed by atoms with E-state index in [0.717, 1.165) is 16.8 Å². The first-order valence-corrected chi connectivity index (χ1v) is 9.32. The van der Waals surface area contributed by atoms with Crippen LogP contribution >= 0.6 is 11.6 Å². The second-order valence-corrected chi connectivity index (χ2v) is 7.12. The lowest BCUT2D eigenvalue weighted by molar-refractivity contribution is -0.138. The summed E-state index contributed by atoms with van der Waals surface area (Å²) in [6.45, 7) is -0.131. The number of anilines is 1. The number of benzene rings is 1. The van der Waals surface area contributed by atoms with Crippen molar-refractivity contribution in [3.8, 4) is 17.6 Å². The van der Waals surface area contributed by atoms with Crippen molar-refractivity contribution in [2.45, 2.75) is 12.7 Å². The normalized spacial score (nSPS) is 11.5. The number of pyridine rings is 2. The number of H-pyrrole nitrogens is 1. The van der Waals surface area contributed by atoms with Crippen LogP contribution in [0, 0.1) is 11.3 Å². The molecule has 0 aliphatic heterocycles. The van der Waals surface area contributed by atoms with Gasteiger partial charge in [-0.05, 0) is 36.4 Å². The highest BCUT2D eigenvalue weighted by atomic mass is 35.5. The molecule has 32 heavy (non-hydrogen) atoms. The van der Waals surface area contributed by atoms with Crippen molar-refractivity contribution in [1.82, 2.24) is 19.7 Å². The van der Waals surface area contributed by atoms with Crippen LogP contribution in [-0.4, -0.2) is 19.7 Å². The van der Waals surface area contributed by atoms with Gasteiger partial charge in [-0.3, -0.25) is 9.89 Å². The highest BCUT2D eigenvalue weighted by Crippen LogP contribution is 2.36. The van der Waals surface area contributed by atoms with Crippen molar-refractivity contribution < 1.29 is 17.9 Å². The van der Waals surface area contributed by atoms with E-state index in [-0.39, 0.29) is 28.7 Å². The molecule has 0 amide bonds. The molecule has 0 aliphatic carbocycles. The van der Waals surface area contributed by atoms with Gasteiger partial charge in [0.05, 0.1) is 23.9 Å². The molecule has 4 aromatic rings. The van der Waals surface area contributed by atoms with E-state index in [1.165, 1.54) is 24.3 Å². The summed E-state index contributed by atoms with van der Waals surface area (Å²) in [6.07, 6.45) is -3.85. The third-order valence-corrected chi connectivity index (χ3v) is 4.71. The number of hydrogen-bond acceptors (Lipinski definition) is 6. The standard InChI is InChI=1S/C20H12ClF3N6O2/c21-11-5-10(8-25)6-12(7-11)32-17-14(20(22,23)24)3-4-30(19(17)31)9-15-13-1-2-16(26)27-18(13)29-28-15/h1-7H,9H2,(H3,26,27,28,29). The number of alkyl halides is 3. The Bertz CT molecular complexity index is 1440. The van der Waals surface area contributed by atoms with Gasteiger partial charge in [-0.25, -0.2) is 4.98 Å². The minimum absolute atomic E-state index is 0.0630. The van der Waals surface area contributed by atoms with Crippen molar-refractivity contribution >= 4 is 28.5 Å². The zero-order valence-electron chi connectivity index (χ0n) is 15.9. The van der Waals surface area contributed by atoms with Crippen molar-refractivity contribution in [2.75, 3.05) is 5.73 Å². The maximum atomic E-state index is 13.6. The monoisotopic (exact) mass is 460 g/mol. The van der Waals surface area contributed by atoms with Gasteiger partial charge in [0.1, 0.15) is 17.1 Å². The number of nitrogens with one attached hydrogen (secondary N) is 1. The lowest BCUT2D eigenvalue weighted by Crippen LogP contribution is -2.25. The molecule has 3 heterocycles. The van der Waals surface area contributed by atoms with Crippen LogP contribution < -0.4 is 16.0 Å². The number of hydrogen-bond donors (Lipinski definition) is 2. The molecule has 4 rings (SSSR count). The summed E-state index contributed by atoms with van der Waals surface area (Å²) in [6, 6.07) is 9.43. The number of ether oxygens (including phenoxy) is 1. The Morgan fingerprint density at radius 3 is 2.75 bits per heavy atom. The molecule has 0 saturated carbocycles. The molecule has 0 atom stereocenters. The molecule has 0 saturated heterocycles. The van der Waals surface area contributed by atoms with E-state index in [2.05, 4.69) is 15.2 Å². The van der Waals surface area contributed by atoms with Crippen molar-refractivity contribution in [2.24, 2.45) is 0 Å². The van der Waals surface area contributed by atoms with Crippen molar-refractivity contribution in [3.63, 3.8) is 0 Å². The Morgan fingerprint density at radius 2 is 2.03 bits per heavy atom. The smallest absolute Gasteiger partial charge is 0.420 e. The number of nitrogens with zero attached hydrogens (tertiary/aromatic N) is 4. The average Bonchev–Trinajstić information content (AvgIpc) is 3.11. The molecule has 3 aromatic heterocycles. The highest BCUT2D eigenvalue weighted by molar-refractivity contribution is 6.30. The van der Waals surface area contributed by atoms with Gasteiger partial charge in [0.25, 0.3) is 5.56 Å². The molecule has 3 N–H and O–H groups in total. The van der Waals surface area contributed by atoms with Crippen LogP contribution in [0.25, 0.3) is 11.0 Å². The van der Waals surface area contributed by atoms with Crippen LogP contribution in [0.2, 0.25) is 5.02 Å². The summed E-state index contributed by atoms with van der Waals surface area (Å²) in [4.78, 5) is 17.0. The largest absolute Gasteiger partial charge is 0.451 e. The first kappa shape index (κ1) is 21.2. The Hall–Kier alpha value is -4.04. The second-order valence-electron chi connectivity index (χ2n) is 6.69. The fourth-order valence-corrected chi connectivity index (χ4v) is 3.28. The number of nitrogens with two attached hydrogens (primary N) is 1. The van der Waals surface area contributed by atoms with Crippen LogP contribution in [0.15, 0.2) is 47.4 Å². The van der Waals surface area contributed by atoms with Crippen LogP contribution in [0.4, 0.5) is 19.0 Å². The molecule has 1 aromatic carbocycles. The Labute approximate surface area is 182 Å². The third-order valence-electron chi connectivity index (χ3n) is 4.49. The number of aromatic nitrogens is 4. The Kier molecular flexibility index (Phi) is 5.23. The minimum Gasteiger partial charge on any atom is -0.451 e. The van der Waals surface area contributed by atoms with Gasteiger partial charge in [-0.2, -0.15) is 23.5 Å². The van der Waals surface area contributed by atoms with Gasteiger partial charge >= 0.3 is 6.18 Å². The summed E-state index contributed by atoms with van der Waals surface area (Å²) in [5.41, 5.74) is 4.13. The third kappa shape index (κ3) is 4.08. The molecule has 12 heteroatoms. The first-order valence-electron chi connectivity index (χ1n) is 8.94. The van der Waals surface area contributed by atoms with Gasteiger partial charge in [0.15, 0.2) is 5.65 Å². The molecule has 0 bridgehead atoms. The molecule has 0 spiro atoms. The van der Waals surface area contributed by atoms with E-state index < -0.39 is 23.0 Å². The topological polar surface area (TPSA) is 123 Å². The van der Waals surface area contributed by atoms with Gasteiger partial charge in [-0.15, -0.1) is 0 Å². The zero-order valence-corrected chi connectivity index (χ0v) is 16.7. The number of nitrogen functional groups attached to an aromatic ring is 1. The molecular formula is C20H12ClF3N6O2. The van der Waals surface area contributed by atoms with Crippen molar-refractivity contribution in [1.29, 1.82) is 5.26 Å². The molecule has 0 aliphatic rings. The van der Waals surface area contributed by atoms with Crippen molar-refractivity contribution in [3.05, 3.63) is 74.8 Å². The predicted octanol–water partition coefficient (Wildman–Crippen LogP) is 4.09. The number of nitriles is 1. The quantitative estimate of drug-likeness (QED) is 0.473. The fraction of sp³-hybridized carbons (Fsp3) is 0.100. The van der Waals surface area contributed by atoms with E-state index in [9.17, 15) is 18.0 Å². The average molecular weight is 461 g/mol. The van der Waals surface area contributed by atoms with E-state index >= 15 is 0 Å². The van der Waals surface area contributed by atoms with Gasteiger partial charge in [0, 0.05) is 16.6 Å². The summed E-state index contributed by atoms with van der Waals surface area (Å²) in [5.74, 6) is -0.880. The number of rotatable bonds is 4. The van der Waals surface area contributed by atoms with E-state index in [1.54, 1.807) is 6.07 Å². The van der Waals surface area contributed by atoms with E-state index in [4.69, 9.17) is 27.3 Å². The summed E-state index contributed by atoms with van der Waals surface area (Å²) in [7, 11) is 0. The molecule has 0 unspecified atom stereocenters. The summed E-state index contributed by atoms with van der Waals surface area (Å²) < 4.78 is 47.0. The predicted molar refractivity (Wildman–Crippen MR) is 109 cm³/mol. The molecule has 8 nitrogen and oxygen atoms in total. The van der Waals surface area contributed by atoms with E-state index in [0.29, 0.717) is 16.7 Å². The molecule has 0 radical (unpaired) electrons. The highest BCUT2D eigenvalue weighted by Gasteiger charge is 2.36. The van der Waals surface area contributed by atoms with Gasteiger partial charge in [0.2, 0.25) is 5.75 Å². The van der Waals surface area contributed by atoms with Gasteiger partial charge in [-0.1, -0.05) is 11.6 Å². The first-order chi connectivity index (χ1) is 15.2. The molecule has 162 valence electrons. The van der Waals surface area contributed by atoms with Crippen LogP contribution in [0.1, 0.15) is 16.8 Å². The SMILES string of the molecule is N#Cc1cc(Cl)cc(Oc2c(C(F)(F)F)ccn(Cc3[nH]nc4nc(N)ccc34)c2=O)c1. The number of aromatic amines is 1. The maximum Gasteiger partial charge on any atom is 0.420 e. The molecular weight excluding hydrogens is 449 g/mol. The fourth-order valence-electron chi connectivity index (χ4n) is 3.06. The number of fused-ring (bicyclic) bond motifs is 1. The summed E-state index contributed by atoms with van der Waals surface area (Å²) in [5, 5.41) is 16.4. The second kappa shape index (κ2) is 7.90. The summed E-state index contributed by atoms with van der Waals surface area (Å²) >= 11 is 5.89. The van der Waals surface area contributed by atoms with E-state index in [1.807, 2.05) is 6.07 Å². The Morgan fingerprint density at radius 1 is 1.25 bits per heavy atom. The van der Waals surface area contributed by atoms with Crippen LogP contribution in [0.5, 0.6) is 11.5 Å². The van der Waals surface area contributed by atoms with Crippen LogP contribution in [0.3, 0.4) is 0 Å². The maximum absolute atomic E-state index is 13.6. The minimum atomic E-state index is -4.85.